The monoisotopic (exact) mass is 1050 g/mol. The summed E-state index contributed by atoms with van der Waals surface area (Å²) in [5.41, 5.74) is 0. The van der Waals surface area contributed by atoms with Crippen molar-refractivity contribution in [3.05, 3.63) is 0 Å². The maximum Gasteiger partial charge on any atom is 0.306 e. The maximum atomic E-state index is 12.9. The lowest BCUT2D eigenvalue weighted by Crippen LogP contribution is -2.30. The predicted molar refractivity (Wildman–Crippen MR) is 321 cm³/mol. The molecule has 6 heteroatoms. The third kappa shape index (κ3) is 58.1. The predicted octanol–water partition coefficient (Wildman–Crippen LogP) is 22.6. The van der Waals surface area contributed by atoms with Gasteiger partial charge in [0.05, 0.1) is 0 Å². The molecule has 0 N–H and O–H groups in total. The minimum Gasteiger partial charge on any atom is -0.462 e. The first-order chi connectivity index (χ1) is 36.2. The fourth-order valence-electron chi connectivity index (χ4n) is 10.5. The number of hydrogen-bond donors (Lipinski definition) is 0. The largest absolute Gasteiger partial charge is 0.462 e. The van der Waals surface area contributed by atoms with Gasteiger partial charge in [-0.1, -0.05) is 343 Å². The molecule has 0 radical (unpaired) electrons. The van der Waals surface area contributed by atoms with Crippen molar-refractivity contribution in [3.8, 4) is 0 Å². The molecule has 0 rings (SSSR count). The number of carbonyl (C=O) groups is 3. The van der Waals surface area contributed by atoms with Gasteiger partial charge in [-0.2, -0.15) is 0 Å². The zero-order chi connectivity index (χ0) is 54.1. The number of carbonyl (C=O) groups excluding carboxylic acids is 3. The fourth-order valence-corrected chi connectivity index (χ4v) is 10.5. The molecule has 0 aromatic carbocycles. The van der Waals surface area contributed by atoms with E-state index in [-0.39, 0.29) is 31.1 Å². The topological polar surface area (TPSA) is 78.9 Å². The van der Waals surface area contributed by atoms with Crippen LogP contribution in [0.2, 0.25) is 0 Å². The Balaban J connectivity index is 4.28. The van der Waals surface area contributed by atoms with E-state index in [1.807, 2.05) is 0 Å². The van der Waals surface area contributed by atoms with E-state index < -0.39 is 6.10 Å². The van der Waals surface area contributed by atoms with Crippen LogP contribution in [0.15, 0.2) is 0 Å². The van der Waals surface area contributed by atoms with Gasteiger partial charge in [0.15, 0.2) is 6.10 Å². The first-order valence-corrected chi connectivity index (χ1v) is 33.7. The molecule has 0 aliphatic heterocycles. The van der Waals surface area contributed by atoms with Gasteiger partial charge in [-0.15, -0.1) is 0 Å². The fraction of sp³-hybridized carbons (Fsp3) is 0.956. The van der Waals surface area contributed by atoms with E-state index in [0.717, 1.165) is 75.5 Å². The Bertz CT molecular complexity index is 1150. The molecule has 0 heterocycles. The summed E-state index contributed by atoms with van der Waals surface area (Å²) in [4.78, 5) is 38.4. The third-order valence-corrected chi connectivity index (χ3v) is 16.4. The van der Waals surface area contributed by atoms with E-state index in [1.165, 1.54) is 263 Å². The molecule has 3 atom stereocenters. The van der Waals surface area contributed by atoms with Crippen molar-refractivity contribution in [2.45, 2.75) is 388 Å². The highest BCUT2D eigenvalue weighted by Gasteiger charge is 2.20. The second kappa shape index (κ2) is 59.1. The molecule has 0 aliphatic carbocycles. The first kappa shape index (κ1) is 72.4. The normalized spacial score (nSPS) is 12.9. The summed E-state index contributed by atoms with van der Waals surface area (Å²) in [6.45, 7) is 13.9. The minimum absolute atomic E-state index is 0.0623. The average Bonchev–Trinajstić information content (AvgIpc) is 3.39. The molecule has 74 heavy (non-hydrogen) atoms. The van der Waals surface area contributed by atoms with Crippen LogP contribution in [0.25, 0.3) is 0 Å². The lowest BCUT2D eigenvalue weighted by atomic mass is 9.99. The van der Waals surface area contributed by atoms with E-state index in [0.29, 0.717) is 19.3 Å². The van der Waals surface area contributed by atoms with Crippen LogP contribution in [0.3, 0.4) is 0 Å². The summed E-state index contributed by atoms with van der Waals surface area (Å²) in [6.07, 6.45) is 65.2. The summed E-state index contributed by atoms with van der Waals surface area (Å²) in [7, 11) is 0. The summed E-state index contributed by atoms with van der Waals surface area (Å²) in [5.74, 6) is 1.81. The lowest BCUT2D eigenvalue weighted by molar-refractivity contribution is -0.167. The van der Waals surface area contributed by atoms with Gasteiger partial charge < -0.3 is 14.2 Å². The van der Waals surface area contributed by atoms with Crippen LogP contribution in [-0.4, -0.2) is 37.2 Å². The van der Waals surface area contributed by atoms with Gasteiger partial charge in [0.2, 0.25) is 0 Å². The van der Waals surface area contributed by atoms with Crippen molar-refractivity contribution >= 4 is 17.9 Å². The molecule has 0 aromatic heterocycles. The standard InChI is InChI=1S/C68H132O6/c1-7-63(5)55-49-43-37-31-25-19-13-11-9-10-12-14-22-29-35-41-47-53-59-68(71)74-65(61-73-67(70)58-52-46-40-34-28-23-17-18-24-30-36-42-48-54-62(3)4)60-72-66(69)57-51-45-39-33-27-21-16-15-20-26-32-38-44-50-56-64(6)8-2/h62-65H,7-61H2,1-6H3/t63?,64?,65-/m1/s1. The second-order valence-corrected chi connectivity index (χ2v) is 24.4. The van der Waals surface area contributed by atoms with Crippen molar-refractivity contribution in [1.29, 1.82) is 0 Å². The van der Waals surface area contributed by atoms with Gasteiger partial charge in [0.1, 0.15) is 13.2 Å². The molecule has 440 valence electrons. The Morgan fingerprint density at radius 1 is 0.270 bits per heavy atom. The molecule has 0 aliphatic rings. The molecule has 0 aromatic rings. The van der Waals surface area contributed by atoms with Crippen LogP contribution in [0.5, 0.6) is 0 Å². The SMILES string of the molecule is CCC(C)CCCCCCCCCCCCCCCCCCCCC(=O)O[C@H](COC(=O)CCCCCCCCCCCCCCCCC(C)CC)COC(=O)CCCCCCCCCCCCCCCC(C)C. The van der Waals surface area contributed by atoms with Gasteiger partial charge in [-0.05, 0) is 37.0 Å². The second-order valence-electron chi connectivity index (χ2n) is 24.4. The molecule has 0 amide bonds. The van der Waals surface area contributed by atoms with Gasteiger partial charge >= 0.3 is 17.9 Å². The maximum absolute atomic E-state index is 12.9. The van der Waals surface area contributed by atoms with Crippen molar-refractivity contribution in [2.24, 2.45) is 17.8 Å². The van der Waals surface area contributed by atoms with E-state index in [9.17, 15) is 14.4 Å². The van der Waals surface area contributed by atoms with E-state index >= 15 is 0 Å². The van der Waals surface area contributed by atoms with Gasteiger partial charge in [0, 0.05) is 19.3 Å². The molecule has 0 saturated heterocycles. The molecule has 0 saturated carbocycles. The average molecular weight is 1050 g/mol. The van der Waals surface area contributed by atoms with Crippen LogP contribution in [0, 0.1) is 17.8 Å². The van der Waals surface area contributed by atoms with E-state index in [1.54, 1.807) is 0 Å². The zero-order valence-corrected chi connectivity index (χ0v) is 51.1. The summed E-state index contributed by atoms with van der Waals surface area (Å²) in [5, 5.41) is 0. The molecular weight excluding hydrogens is 913 g/mol. The molecule has 0 bridgehead atoms. The minimum atomic E-state index is -0.765. The van der Waals surface area contributed by atoms with Crippen molar-refractivity contribution in [2.75, 3.05) is 13.2 Å². The Morgan fingerprint density at radius 3 is 0.703 bits per heavy atom. The zero-order valence-electron chi connectivity index (χ0n) is 51.1. The van der Waals surface area contributed by atoms with Crippen molar-refractivity contribution in [1.82, 2.24) is 0 Å². The Kier molecular flexibility index (Phi) is 57.8. The van der Waals surface area contributed by atoms with E-state index in [4.69, 9.17) is 14.2 Å². The van der Waals surface area contributed by atoms with Gasteiger partial charge in [-0.25, -0.2) is 0 Å². The third-order valence-electron chi connectivity index (χ3n) is 16.4. The number of hydrogen-bond acceptors (Lipinski definition) is 6. The summed E-state index contributed by atoms with van der Waals surface area (Å²) < 4.78 is 17.0. The molecule has 2 unspecified atom stereocenters. The number of esters is 3. The highest BCUT2D eigenvalue weighted by atomic mass is 16.6. The van der Waals surface area contributed by atoms with Gasteiger partial charge in [0.25, 0.3) is 0 Å². The highest BCUT2D eigenvalue weighted by molar-refractivity contribution is 5.71. The Morgan fingerprint density at radius 2 is 0.473 bits per heavy atom. The Labute approximate surface area is 463 Å². The van der Waals surface area contributed by atoms with Crippen LogP contribution in [0.1, 0.15) is 382 Å². The van der Waals surface area contributed by atoms with Crippen LogP contribution < -0.4 is 0 Å². The summed E-state index contributed by atoms with van der Waals surface area (Å²) >= 11 is 0. The van der Waals surface area contributed by atoms with Crippen molar-refractivity contribution in [3.63, 3.8) is 0 Å². The number of unbranched alkanes of at least 4 members (excludes halogenated alkanes) is 42. The van der Waals surface area contributed by atoms with Crippen molar-refractivity contribution < 1.29 is 28.6 Å². The number of rotatable bonds is 61. The van der Waals surface area contributed by atoms with Crippen LogP contribution in [-0.2, 0) is 28.6 Å². The molecule has 0 fully saturated rings. The van der Waals surface area contributed by atoms with Gasteiger partial charge in [-0.3, -0.25) is 14.4 Å². The lowest BCUT2D eigenvalue weighted by Gasteiger charge is -2.18. The smallest absolute Gasteiger partial charge is 0.306 e. The molecular formula is C68H132O6. The van der Waals surface area contributed by atoms with Crippen LogP contribution in [0.4, 0.5) is 0 Å². The highest BCUT2D eigenvalue weighted by Crippen LogP contribution is 2.20. The Hall–Kier alpha value is -1.59. The van der Waals surface area contributed by atoms with Crippen LogP contribution >= 0.6 is 0 Å². The van der Waals surface area contributed by atoms with E-state index in [2.05, 4.69) is 41.5 Å². The molecule has 6 nitrogen and oxygen atoms in total. The number of ether oxygens (including phenoxy) is 3. The quantitative estimate of drug-likeness (QED) is 0.0343. The molecule has 0 spiro atoms. The first-order valence-electron chi connectivity index (χ1n) is 33.7. The summed E-state index contributed by atoms with van der Waals surface area (Å²) in [6, 6.07) is 0.